The molecule has 0 amide bonds. The van der Waals surface area contributed by atoms with Crippen molar-refractivity contribution in [2.24, 2.45) is 0 Å². The number of carbonyl (C=O) groups is 1. The molecule has 2 heterocycles. The lowest BCUT2D eigenvalue weighted by Gasteiger charge is -2.23. The molecule has 2 aromatic heterocycles. The molecular weight excluding hydrogens is 488 g/mol. The minimum absolute atomic E-state index is 0.133. The Bertz CT molecular complexity index is 1670. The molecule has 6 nitrogen and oxygen atoms in total. The van der Waals surface area contributed by atoms with Gasteiger partial charge in [0.2, 0.25) is 0 Å². The number of para-hydroxylation sites is 1. The first-order chi connectivity index (χ1) is 18.3. The maximum atomic E-state index is 14.4. The van der Waals surface area contributed by atoms with E-state index in [4.69, 9.17) is 9.72 Å². The van der Waals surface area contributed by atoms with Gasteiger partial charge in [-0.05, 0) is 67.4 Å². The number of carboxylic acids is 1. The van der Waals surface area contributed by atoms with E-state index in [9.17, 15) is 18.7 Å². The Labute approximate surface area is 218 Å². The average Bonchev–Trinajstić information content (AvgIpc) is 3.42. The Balaban J connectivity index is 1.46. The third-order valence-corrected chi connectivity index (χ3v) is 7.35. The topological polar surface area (TPSA) is 69.3 Å². The molecule has 0 saturated carbocycles. The molecule has 8 heteroatoms. The molecule has 0 bridgehead atoms. The first-order valence-electron chi connectivity index (χ1n) is 12.8. The zero-order valence-corrected chi connectivity index (χ0v) is 21.0. The fourth-order valence-corrected chi connectivity index (χ4v) is 5.59. The second-order valence-electron chi connectivity index (χ2n) is 9.69. The highest BCUT2D eigenvalue weighted by Gasteiger charge is 2.37. The van der Waals surface area contributed by atoms with E-state index in [0.29, 0.717) is 43.0 Å². The smallest absolute Gasteiger partial charge is 0.335 e. The maximum absolute atomic E-state index is 14.4. The summed E-state index contributed by atoms with van der Waals surface area (Å²) in [7, 11) is 0. The summed E-state index contributed by atoms with van der Waals surface area (Å²) in [4.78, 5) is 16.4. The molecule has 38 heavy (non-hydrogen) atoms. The summed E-state index contributed by atoms with van der Waals surface area (Å²) in [6, 6.07) is 20.3. The van der Waals surface area contributed by atoms with Gasteiger partial charge in [-0.1, -0.05) is 18.2 Å². The number of rotatable bonds is 7. The minimum Gasteiger partial charge on any atom is -0.492 e. The van der Waals surface area contributed by atoms with Gasteiger partial charge in [0.25, 0.3) is 5.92 Å². The summed E-state index contributed by atoms with van der Waals surface area (Å²) in [5.74, 6) is -2.35. The number of aryl methyl sites for hydroxylation is 1. The second-order valence-corrected chi connectivity index (χ2v) is 9.69. The van der Waals surface area contributed by atoms with E-state index >= 15 is 0 Å². The van der Waals surface area contributed by atoms with Crippen molar-refractivity contribution in [2.75, 3.05) is 6.61 Å². The molecule has 5 aromatic rings. The summed E-state index contributed by atoms with van der Waals surface area (Å²) < 4.78 is 39.0. The van der Waals surface area contributed by atoms with Gasteiger partial charge < -0.3 is 19.0 Å². The van der Waals surface area contributed by atoms with Crippen LogP contribution in [0.1, 0.15) is 35.0 Å². The first-order valence-corrected chi connectivity index (χ1v) is 12.8. The van der Waals surface area contributed by atoms with Crippen LogP contribution >= 0.6 is 0 Å². The Morgan fingerprint density at radius 1 is 1.05 bits per heavy atom. The van der Waals surface area contributed by atoms with Crippen molar-refractivity contribution < 1.29 is 23.4 Å². The zero-order valence-electron chi connectivity index (χ0n) is 21.0. The van der Waals surface area contributed by atoms with Crippen LogP contribution in [0.3, 0.4) is 0 Å². The molecule has 0 unspecified atom stereocenters. The predicted octanol–water partition coefficient (Wildman–Crippen LogP) is 6.58. The number of ether oxygens (including phenoxy) is 1. The number of nitrogens with zero attached hydrogens (tertiary/aromatic N) is 3. The molecule has 194 valence electrons. The van der Waals surface area contributed by atoms with Gasteiger partial charge in [-0.2, -0.15) is 0 Å². The van der Waals surface area contributed by atoms with E-state index in [1.807, 2.05) is 60.0 Å². The lowest BCUT2D eigenvalue weighted by atomic mass is 9.92. The SMILES string of the molecule is CCn1c2c(c3cc(-c4nc5cc(C(=O)O)ccc5n4CCOc4ccccc4)ccc31)CC(F)(F)CC2. The molecule has 1 N–H and O–H groups in total. The number of hydrogen-bond donors (Lipinski definition) is 1. The zero-order chi connectivity index (χ0) is 26.4. The fraction of sp³-hybridized carbons (Fsp3) is 0.267. The summed E-state index contributed by atoms with van der Waals surface area (Å²) in [6.45, 7) is 3.59. The summed E-state index contributed by atoms with van der Waals surface area (Å²) in [5.41, 5.74) is 4.92. The quantitative estimate of drug-likeness (QED) is 0.266. The van der Waals surface area contributed by atoms with Crippen LogP contribution in [0.15, 0.2) is 66.7 Å². The van der Waals surface area contributed by atoms with Crippen LogP contribution in [-0.4, -0.2) is 37.7 Å². The average molecular weight is 516 g/mol. The molecule has 0 fully saturated rings. The number of fused-ring (bicyclic) bond motifs is 4. The van der Waals surface area contributed by atoms with Gasteiger partial charge in [-0.3, -0.25) is 0 Å². The van der Waals surface area contributed by atoms with Gasteiger partial charge in [-0.25, -0.2) is 18.6 Å². The first kappa shape index (κ1) is 24.2. The number of carboxylic acid groups (broad SMARTS) is 1. The Kier molecular flexibility index (Phi) is 5.90. The van der Waals surface area contributed by atoms with Crippen molar-refractivity contribution in [1.82, 2.24) is 14.1 Å². The highest BCUT2D eigenvalue weighted by atomic mass is 19.3. The van der Waals surface area contributed by atoms with Gasteiger partial charge in [0.15, 0.2) is 0 Å². The lowest BCUT2D eigenvalue weighted by molar-refractivity contribution is -0.0125. The van der Waals surface area contributed by atoms with Crippen LogP contribution < -0.4 is 4.74 Å². The van der Waals surface area contributed by atoms with Crippen LogP contribution in [0.2, 0.25) is 0 Å². The predicted molar refractivity (Wildman–Crippen MR) is 142 cm³/mol. The molecule has 1 aliphatic rings. The molecule has 1 aliphatic carbocycles. The third kappa shape index (κ3) is 4.20. The second kappa shape index (κ2) is 9.28. The van der Waals surface area contributed by atoms with Gasteiger partial charge in [0.1, 0.15) is 18.2 Å². The van der Waals surface area contributed by atoms with E-state index in [1.165, 1.54) is 0 Å². The monoisotopic (exact) mass is 515 g/mol. The molecule has 3 aromatic carbocycles. The Morgan fingerprint density at radius 2 is 1.84 bits per heavy atom. The van der Waals surface area contributed by atoms with Gasteiger partial charge in [0, 0.05) is 41.5 Å². The minimum atomic E-state index is -2.72. The van der Waals surface area contributed by atoms with Gasteiger partial charge >= 0.3 is 5.97 Å². The van der Waals surface area contributed by atoms with E-state index in [-0.39, 0.29) is 18.4 Å². The lowest BCUT2D eigenvalue weighted by Crippen LogP contribution is -2.26. The molecule has 0 radical (unpaired) electrons. The molecular formula is C30H27F2N3O3. The van der Waals surface area contributed by atoms with Crippen LogP contribution in [-0.2, 0) is 25.9 Å². The Morgan fingerprint density at radius 3 is 2.61 bits per heavy atom. The molecule has 6 rings (SSSR count). The van der Waals surface area contributed by atoms with Gasteiger partial charge in [0.05, 0.1) is 23.1 Å². The number of aromatic carboxylic acids is 1. The van der Waals surface area contributed by atoms with Crippen molar-refractivity contribution in [3.63, 3.8) is 0 Å². The molecule has 0 saturated heterocycles. The normalized spacial score (nSPS) is 14.6. The van der Waals surface area contributed by atoms with Gasteiger partial charge in [-0.15, -0.1) is 0 Å². The number of hydrogen-bond acceptors (Lipinski definition) is 3. The largest absolute Gasteiger partial charge is 0.492 e. The van der Waals surface area contributed by atoms with Crippen LogP contribution in [0.25, 0.3) is 33.3 Å². The van der Waals surface area contributed by atoms with Crippen molar-refractivity contribution in [3.8, 4) is 17.1 Å². The number of alkyl halides is 2. The number of benzene rings is 3. The number of halogens is 2. The standard InChI is InChI=1S/C30H27F2N3O3/c1-2-34-25-10-8-19(16-22(25)23-18-30(31,32)13-12-26(23)34)28-33-24-17-20(29(36)37)9-11-27(24)35(28)14-15-38-21-6-4-3-5-7-21/h3-11,16-17H,2,12-15,18H2,1H3,(H,36,37). The van der Waals surface area contributed by atoms with E-state index in [0.717, 1.165) is 33.4 Å². The van der Waals surface area contributed by atoms with Crippen molar-refractivity contribution in [2.45, 2.75) is 45.2 Å². The highest BCUT2D eigenvalue weighted by molar-refractivity contribution is 5.94. The van der Waals surface area contributed by atoms with E-state index in [1.54, 1.807) is 18.2 Å². The molecule has 0 spiro atoms. The van der Waals surface area contributed by atoms with Crippen LogP contribution in [0.4, 0.5) is 8.78 Å². The Hall–Kier alpha value is -4.20. The van der Waals surface area contributed by atoms with Crippen LogP contribution in [0.5, 0.6) is 5.75 Å². The van der Waals surface area contributed by atoms with Crippen LogP contribution in [0, 0.1) is 0 Å². The number of imidazole rings is 1. The highest BCUT2D eigenvalue weighted by Crippen LogP contribution is 2.40. The number of aromatic nitrogens is 3. The summed E-state index contributed by atoms with van der Waals surface area (Å²) in [5, 5.41) is 10.3. The van der Waals surface area contributed by atoms with E-state index in [2.05, 4.69) is 4.57 Å². The third-order valence-electron chi connectivity index (χ3n) is 7.35. The molecule has 0 aliphatic heterocycles. The summed E-state index contributed by atoms with van der Waals surface area (Å²) in [6.07, 6.45) is -0.0433. The van der Waals surface area contributed by atoms with Crippen molar-refractivity contribution >= 4 is 27.9 Å². The molecule has 0 atom stereocenters. The summed E-state index contributed by atoms with van der Waals surface area (Å²) >= 11 is 0. The maximum Gasteiger partial charge on any atom is 0.335 e. The fourth-order valence-electron chi connectivity index (χ4n) is 5.59. The van der Waals surface area contributed by atoms with Crippen molar-refractivity contribution in [1.29, 1.82) is 0 Å². The van der Waals surface area contributed by atoms with Crippen molar-refractivity contribution in [3.05, 3.63) is 83.6 Å². The van der Waals surface area contributed by atoms with E-state index < -0.39 is 11.9 Å².